The van der Waals surface area contributed by atoms with E-state index >= 15 is 0 Å². The Morgan fingerprint density at radius 1 is 1.14 bits per heavy atom. The Kier molecular flexibility index (Phi) is 7.17. The van der Waals surface area contributed by atoms with Crippen LogP contribution in [-0.4, -0.2) is 62.8 Å². The van der Waals surface area contributed by atoms with Gasteiger partial charge in [0.15, 0.2) is 5.76 Å². The fraction of sp³-hybridized carbons (Fsp3) is 0.750. The molecule has 3 rings (SSSR count). The molecule has 158 valence electrons. The van der Waals surface area contributed by atoms with Gasteiger partial charge in [-0.05, 0) is 56.2 Å². The zero-order chi connectivity index (χ0) is 20.1. The van der Waals surface area contributed by atoms with Crippen LogP contribution in [0.5, 0.6) is 0 Å². The zero-order valence-electron chi connectivity index (χ0n) is 17.0. The van der Waals surface area contributed by atoms with Gasteiger partial charge < -0.3 is 14.6 Å². The number of nitrogens with zero attached hydrogens (tertiary/aromatic N) is 2. The predicted molar refractivity (Wildman–Crippen MR) is 108 cm³/mol. The lowest BCUT2D eigenvalue weighted by Gasteiger charge is -2.34. The number of carbonyl (C=O) groups is 1. The van der Waals surface area contributed by atoms with Crippen molar-refractivity contribution in [1.82, 2.24) is 14.5 Å². The molecule has 1 aromatic rings. The van der Waals surface area contributed by atoms with Gasteiger partial charge in [-0.3, -0.25) is 4.79 Å². The highest BCUT2D eigenvalue weighted by Crippen LogP contribution is 2.23. The van der Waals surface area contributed by atoms with Crippen molar-refractivity contribution in [2.75, 3.05) is 39.3 Å². The minimum absolute atomic E-state index is 0.0517. The van der Waals surface area contributed by atoms with Crippen molar-refractivity contribution in [3.05, 3.63) is 17.9 Å². The Hall–Kier alpha value is -1.38. The molecule has 3 heterocycles. The van der Waals surface area contributed by atoms with Crippen LogP contribution in [0.4, 0.5) is 0 Å². The number of hydrogen-bond acceptors (Lipinski definition) is 5. The average Bonchev–Trinajstić information content (AvgIpc) is 3.16. The maximum absolute atomic E-state index is 12.6. The van der Waals surface area contributed by atoms with Crippen LogP contribution in [-0.2, 0) is 10.0 Å². The molecular weight excluding hydrogens is 378 g/mol. The molecule has 2 atom stereocenters. The van der Waals surface area contributed by atoms with Crippen molar-refractivity contribution in [3.63, 3.8) is 0 Å². The summed E-state index contributed by atoms with van der Waals surface area (Å²) in [6.07, 6.45) is 4.93. The van der Waals surface area contributed by atoms with Gasteiger partial charge in [0.25, 0.3) is 15.9 Å². The van der Waals surface area contributed by atoms with Crippen LogP contribution in [0.3, 0.4) is 0 Å². The highest BCUT2D eigenvalue weighted by molar-refractivity contribution is 7.89. The van der Waals surface area contributed by atoms with E-state index < -0.39 is 10.0 Å². The molecule has 8 heteroatoms. The lowest BCUT2D eigenvalue weighted by atomic mass is 9.92. The minimum atomic E-state index is -3.64. The third-order valence-corrected chi connectivity index (χ3v) is 7.37. The summed E-state index contributed by atoms with van der Waals surface area (Å²) in [7, 11) is -3.64. The summed E-state index contributed by atoms with van der Waals surface area (Å²) in [6.45, 7) is 9.35. The molecule has 2 unspecified atom stereocenters. The Labute approximate surface area is 168 Å². The molecule has 0 aliphatic carbocycles. The molecule has 0 radical (unpaired) electrons. The van der Waals surface area contributed by atoms with Crippen molar-refractivity contribution in [2.24, 2.45) is 11.8 Å². The molecule has 0 spiro atoms. The fourth-order valence-corrected chi connectivity index (χ4v) is 5.81. The van der Waals surface area contributed by atoms with Crippen molar-refractivity contribution in [2.45, 2.75) is 51.0 Å². The van der Waals surface area contributed by atoms with Crippen LogP contribution in [0.15, 0.2) is 21.6 Å². The third kappa shape index (κ3) is 5.36. The summed E-state index contributed by atoms with van der Waals surface area (Å²) >= 11 is 0. The third-order valence-electron chi connectivity index (χ3n) is 5.60. The standard InChI is InChI=1S/C20H33N3O4S/c1-16-13-17(2)15-22(14-16)10-6-9-21-20(24)18-7-8-19(27-18)28(25,26)23-11-4-3-5-12-23/h7-8,16-17H,3-6,9-15H2,1-2H3,(H,21,24). The van der Waals surface area contributed by atoms with Gasteiger partial charge in [0, 0.05) is 32.7 Å². The molecule has 2 aliphatic rings. The first-order chi connectivity index (χ1) is 13.4. The monoisotopic (exact) mass is 411 g/mol. The van der Waals surface area contributed by atoms with Crippen LogP contribution >= 0.6 is 0 Å². The molecule has 28 heavy (non-hydrogen) atoms. The van der Waals surface area contributed by atoms with E-state index in [9.17, 15) is 13.2 Å². The summed E-state index contributed by atoms with van der Waals surface area (Å²) in [4.78, 5) is 14.7. The number of carbonyl (C=O) groups excluding carboxylic acids is 1. The number of rotatable bonds is 7. The van der Waals surface area contributed by atoms with Crippen molar-refractivity contribution in [1.29, 1.82) is 0 Å². The van der Waals surface area contributed by atoms with E-state index in [0.29, 0.717) is 19.6 Å². The van der Waals surface area contributed by atoms with Crippen molar-refractivity contribution < 1.29 is 17.6 Å². The van der Waals surface area contributed by atoms with Gasteiger partial charge in [-0.15, -0.1) is 0 Å². The van der Waals surface area contributed by atoms with Gasteiger partial charge in [0.1, 0.15) is 0 Å². The molecule has 1 N–H and O–H groups in total. The first-order valence-corrected chi connectivity index (χ1v) is 11.9. The first-order valence-electron chi connectivity index (χ1n) is 10.5. The Morgan fingerprint density at radius 2 is 1.82 bits per heavy atom. The van der Waals surface area contributed by atoms with Crippen molar-refractivity contribution in [3.8, 4) is 0 Å². The summed E-state index contributed by atoms with van der Waals surface area (Å²) < 4.78 is 32.0. The van der Waals surface area contributed by atoms with Gasteiger partial charge in [0.2, 0.25) is 5.09 Å². The maximum atomic E-state index is 12.6. The van der Waals surface area contributed by atoms with Gasteiger partial charge in [-0.2, -0.15) is 4.31 Å². The highest BCUT2D eigenvalue weighted by Gasteiger charge is 2.29. The lowest BCUT2D eigenvalue weighted by Crippen LogP contribution is -2.40. The summed E-state index contributed by atoms with van der Waals surface area (Å²) in [5, 5.41) is 2.69. The molecule has 1 aromatic heterocycles. The average molecular weight is 412 g/mol. The molecule has 2 aliphatic heterocycles. The number of hydrogen-bond donors (Lipinski definition) is 1. The number of furan rings is 1. The summed E-state index contributed by atoms with van der Waals surface area (Å²) in [6, 6.07) is 2.83. The number of sulfonamides is 1. The normalized spacial score (nSPS) is 24.9. The molecule has 2 fully saturated rings. The molecule has 7 nitrogen and oxygen atoms in total. The lowest BCUT2D eigenvalue weighted by molar-refractivity contribution is 0.0914. The van der Waals surface area contributed by atoms with Gasteiger partial charge >= 0.3 is 0 Å². The summed E-state index contributed by atoms with van der Waals surface area (Å²) in [5.41, 5.74) is 0. The van der Waals surface area contributed by atoms with E-state index in [4.69, 9.17) is 4.42 Å². The fourth-order valence-electron chi connectivity index (χ4n) is 4.38. The zero-order valence-corrected chi connectivity index (χ0v) is 17.8. The molecular formula is C20H33N3O4S. The van der Waals surface area contributed by atoms with E-state index in [2.05, 4.69) is 24.1 Å². The molecule has 1 amide bonds. The quantitative estimate of drug-likeness (QED) is 0.697. The predicted octanol–water partition coefficient (Wildman–Crippen LogP) is 2.55. The van der Waals surface area contributed by atoms with Crippen molar-refractivity contribution >= 4 is 15.9 Å². The topological polar surface area (TPSA) is 82.9 Å². The molecule has 0 aromatic carbocycles. The first kappa shape index (κ1) is 21.3. The SMILES string of the molecule is CC1CC(C)CN(CCCNC(=O)c2ccc(S(=O)(=O)N3CCCCC3)o2)C1. The van der Waals surface area contributed by atoms with Crippen LogP contribution in [0.2, 0.25) is 0 Å². The van der Waals surface area contributed by atoms with Gasteiger partial charge in [0.05, 0.1) is 0 Å². The van der Waals surface area contributed by atoms with Crippen LogP contribution in [0, 0.1) is 11.8 Å². The maximum Gasteiger partial charge on any atom is 0.287 e. The largest absolute Gasteiger partial charge is 0.438 e. The van der Waals surface area contributed by atoms with E-state index in [1.807, 2.05) is 0 Å². The van der Waals surface area contributed by atoms with E-state index in [1.54, 1.807) is 0 Å². The van der Waals surface area contributed by atoms with Gasteiger partial charge in [-0.1, -0.05) is 20.3 Å². The number of amides is 1. The van der Waals surface area contributed by atoms with E-state index in [-0.39, 0.29) is 16.8 Å². The number of nitrogens with one attached hydrogen (secondary N) is 1. The Balaban J connectivity index is 1.46. The molecule has 0 saturated carbocycles. The number of likely N-dealkylation sites (tertiary alicyclic amines) is 1. The molecule has 2 saturated heterocycles. The second-order valence-corrected chi connectivity index (χ2v) is 10.3. The van der Waals surface area contributed by atoms with Crippen LogP contribution in [0.25, 0.3) is 0 Å². The minimum Gasteiger partial charge on any atom is -0.438 e. The van der Waals surface area contributed by atoms with Crippen LogP contribution < -0.4 is 5.32 Å². The molecule has 0 bridgehead atoms. The number of piperidine rings is 2. The summed E-state index contributed by atoms with van der Waals surface area (Å²) in [5.74, 6) is 1.14. The van der Waals surface area contributed by atoms with Crippen LogP contribution in [0.1, 0.15) is 56.5 Å². The Morgan fingerprint density at radius 3 is 2.50 bits per heavy atom. The van der Waals surface area contributed by atoms with E-state index in [0.717, 1.165) is 57.2 Å². The van der Waals surface area contributed by atoms with E-state index in [1.165, 1.54) is 22.9 Å². The highest BCUT2D eigenvalue weighted by atomic mass is 32.2. The second-order valence-electron chi connectivity index (χ2n) is 8.40. The smallest absolute Gasteiger partial charge is 0.287 e. The van der Waals surface area contributed by atoms with Gasteiger partial charge in [-0.25, -0.2) is 8.42 Å². The second kappa shape index (κ2) is 9.41. The Bertz CT molecular complexity index is 745.